The highest BCUT2D eigenvalue weighted by Crippen LogP contribution is 2.22. The summed E-state index contributed by atoms with van der Waals surface area (Å²) in [6, 6.07) is 4.76. The highest BCUT2D eigenvalue weighted by atomic mass is 35.5. The molecule has 1 aromatic heterocycles. The molecule has 0 bridgehead atoms. The van der Waals surface area contributed by atoms with Crippen molar-refractivity contribution in [3.63, 3.8) is 0 Å². The van der Waals surface area contributed by atoms with Crippen molar-refractivity contribution in [1.29, 1.82) is 0 Å². The fourth-order valence-corrected chi connectivity index (χ4v) is 2.54. The first-order chi connectivity index (χ1) is 9.29. The third kappa shape index (κ3) is 2.97. The van der Waals surface area contributed by atoms with Crippen molar-refractivity contribution in [3.05, 3.63) is 40.8 Å². The van der Waals surface area contributed by atoms with Crippen molar-refractivity contribution in [2.45, 2.75) is 11.8 Å². The number of benzene rings is 1. The van der Waals surface area contributed by atoms with Gasteiger partial charge in [-0.2, -0.15) is 0 Å². The third-order valence-electron chi connectivity index (χ3n) is 2.54. The Morgan fingerprint density at radius 3 is 2.55 bits per heavy atom. The van der Waals surface area contributed by atoms with Crippen molar-refractivity contribution in [2.24, 2.45) is 0 Å². The minimum atomic E-state index is -4.00. The predicted molar refractivity (Wildman–Crippen MR) is 73.4 cm³/mol. The summed E-state index contributed by atoms with van der Waals surface area (Å²) >= 11 is 5.54. The molecule has 9 heteroatoms. The van der Waals surface area contributed by atoms with E-state index in [1.54, 1.807) is 0 Å². The topological polar surface area (TPSA) is 98.0 Å². The number of hydrogen-bond acceptors (Lipinski definition) is 5. The minimum Gasteiger partial charge on any atom is -0.398 e. The summed E-state index contributed by atoms with van der Waals surface area (Å²) < 4.78 is 39.8. The lowest BCUT2D eigenvalue weighted by Crippen LogP contribution is -2.15. The molecule has 6 nitrogen and oxygen atoms in total. The SMILES string of the molecule is Cc1c(N)cc(S(=O)(=O)Nc2ccc(Cl)nn2)cc1F. The number of nitrogens with one attached hydrogen (secondary N) is 1. The molecule has 106 valence electrons. The second-order valence-electron chi connectivity index (χ2n) is 3.97. The predicted octanol–water partition coefficient (Wildman–Crippen LogP) is 1.96. The Labute approximate surface area is 119 Å². The van der Waals surface area contributed by atoms with Gasteiger partial charge in [0.1, 0.15) is 5.82 Å². The number of rotatable bonds is 3. The van der Waals surface area contributed by atoms with Crippen LogP contribution in [0.15, 0.2) is 29.2 Å². The number of anilines is 2. The van der Waals surface area contributed by atoms with Gasteiger partial charge in [-0.15, -0.1) is 10.2 Å². The Morgan fingerprint density at radius 2 is 2.00 bits per heavy atom. The molecule has 0 aliphatic carbocycles. The molecule has 0 spiro atoms. The summed E-state index contributed by atoms with van der Waals surface area (Å²) in [5.74, 6) is -0.735. The summed E-state index contributed by atoms with van der Waals surface area (Å²) in [5, 5.41) is 7.17. The largest absolute Gasteiger partial charge is 0.398 e. The third-order valence-corrected chi connectivity index (χ3v) is 4.07. The molecule has 20 heavy (non-hydrogen) atoms. The van der Waals surface area contributed by atoms with Crippen LogP contribution in [0.4, 0.5) is 15.9 Å². The van der Waals surface area contributed by atoms with Gasteiger partial charge >= 0.3 is 0 Å². The highest BCUT2D eigenvalue weighted by Gasteiger charge is 2.18. The van der Waals surface area contributed by atoms with Gasteiger partial charge in [0.15, 0.2) is 11.0 Å². The van der Waals surface area contributed by atoms with Crippen molar-refractivity contribution < 1.29 is 12.8 Å². The molecule has 0 saturated carbocycles. The van der Waals surface area contributed by atoms with E-state index in [0.717, 1.165) is 6.07 Å². The molecule has 0 fully saturated rings. The van der Waals surface area contributed by atoms with Gasteiger partial charge in [0.05, 0.1) is 4.90 Å². The molecule has 0 aliphatic heterocycles. The van der Waals surface area contributed by atoms with Crippen LogP contribution < -0.4 is 10.5 Å². The van der Waals surface area contributed by atoms with Crippen LogP contribution in [0.1, 0.15) is 5.56 Å². The fourth-order valence-electron chi connectivity index (χ4n) is 1.40. The number of halogens is 2. The van der Waals surface area contributed by atoms with Crippen molar-refractivity contribution >= 4 is 33.1 Å². The zero-order valence-corrected chi connectivity index (χ0v) is 11.8. The van der Waals surface area contributed by atoms with Gasteiger partial charge in [0.25, 0.3) is 10.0 Å². The van der Waals surface area contributed by atoms with Crippen molar-refractivity contribution in [3.8, 4) is 0 Å². The minimum absolute atomic E-state index is 0.0334. The summed E-state index contributed by atoms with van der Waals surface area (Å²) in [4.78, 5) is -0.296. The van der Waals surface area contributed by atoms with Crippen LogP contribution in [0.2, 0.25) is 5.15 Å². The standard InChI is InChI=1S/C11H10ClFN4O2S/c1-6-8(13)4-7(5-9(6)14)20(18,19)17-11-3-2-10(12)15-16-11/h2-5H,14H2,1H3,(H,16,17). The first-order valence-corrected chi connectivity index (χ1v) is 7.23. The summed E-state index contributed by atoms with van der Waals surface area (Å²) in [7, 11) is -4.00. The van der Waals surface area contributed by atoms with E-state index < -0.39 is 15.8 Å². The molecular weight excluding hydrogens is 307 g/mol. The zero-order valence-electron chi connectivity index (χ0n) is 10.3. The maximum atomic E-state index is 13.5. The summed E-state index contributed by atoms with van der Waals surface area (Å²) in [6.07, 6.45) is 0. The van der Waals surface area contributed by atoms with Crippen LogP contribution in [0.25, 0.3) is 0 Å². The lowest BCUT2D eigenvalue weighted by molar-refractivity contribution is 0.593. The van der Waals surface area contributed by atoms with E-state index in [1.165, 1.54) is 25.1 Å². The van der Waals surface area contributed by atoms with Gasteiger partial charge in [-0.1, -0.05) is 11.6 Å². The molecule has 0 unspecified atom stereocenters. The number of aromatic nitrogens is 2. The highest BCUT2D eigenvalue weighted by molar-refractivity contribution is 7.92. The lowest BCUT2D eigenvalue weighted by atomic mass is 10.2. The molecule has 0 saturated heterocycles. The number of hydrogen-bond donors (Lipinski definition) is 2. The van der Waals surface area contributed by atoms with Gasteiger partial charge in [-0.25, -0.2) is 12.8 Å². The van der Waals surface area contributed by atoms with Crippen LogP contribution in [-0.2, 0) is 10.0 Å². The van der Waals surface area contributed by atoms with Gasteiger partial charge in [0, 0.05) is 11.3 Å². The Bertz CT molecular complexity index is 727. The zero-order chi connectivity index (χ0) is 14.9. The fraction of sp³-hybridized carbons (Fsp3) is 0.0909. The van der Waals surface area contributed by atoms with E-state index in [1.807, 2.05) is 0 Å². The lowest BCUT2D eigenvalue weighted by Gasteiger charge is -2.09. The maximum Gasteiger partial charge on any atom is 0.263 e. The molecule has 3 N–H and O–H groups in total. The Kier molecular flexibility index (Phi) is 3.78. The first-order valence-electron chi connectivity index (χ1n) is 5.37. The molecule has 0 radical (unpaired) electrons. The molecular formula is C11H10ClFN4O2S. The quantitative estimate of drug-likeness (QED) is 0.843. The second kappa shape index (κ2) is 5.22. The van der Waals surface area contributed by atoms with E-state index in [4.69, 9.17) is 17.3 Å². The van der Waals surface area contributed by atoms with Crippen molar-refractivity contribution in [1.82, 2.24) is 10.2 Å². The maximum absolute atomic E-state index is 13.5. The molecule has 0 aliphatic rings. The normalized spacial score (nSPS) is 11.3. The smallest absolute Gasteiger partial charge is 0.263 e. The van der Waals surface area contributed by atoms with Crippen molar-refractivity contribution in [2.75, 3.05) is 10.5 Å². The van der Waals surface area contributed by atoms with Gasteiger partial charge < -0.3 is 5.73 Å². The first kappa shape index (κ1) is 14.5. The average Bonchev–Trinajstić information content (AvgIpc) is 2.38. The molecule has 2 aromatic rings. The van der Waals surface area contributed by atoms with Crippen LogP contribution in [0.5, 0.6) is 0 Å². The monoisotopic (exact) mass is 316 g/mol. The molecule has 1 aromatic carbocycles. The van der Waals surface area contributed by atoms with E-state index in [2.05, 4.69) is 14.9 Å². The number of nitrogens with zero attached hydrogens (tertiary/aromatic N) is 2. The number of nitrogen functional groups attached to an aromatic ring is 1. The number of nitrogens with two attached hydrogens (primary N) is 1. The van der Waals surface area contributed by atoms with Crippen LogP contribution in [0.3, 0.4) is 0 Å². The summed E-state index contributed by atoms with van der Waals surface area (Å²) in [5.41, 5.74) is 5.79. The Morgan fingerprint density at radius 1 is 1.30 bits per heavy atom. The molecule has 1 heterocycles. The molecule has 2 rings (SSSR count). The Hall–Kier alpha value is -1.93. The summed E-state index contributed by atoms with van der Waals surface area (Å²) in [6.45, 7) is 1.46. The van der Waals surface area contributed by atoms with Crippen LogP contribution >= 0.6 is 11.6 Å². The van der Waals surface area contributed by atoms with Gasteiger partial charge in [0.2, 0.25) is 0 Å². The van der Waals surface area contributed by atoms with E-state index in [9.17, 15) is 12.8 Å². The van der Waals surface area contributed by atoms with Crippen LogP contribution in [0, 0.1) is 12.7 Å². The average molecular weight is 317 g/mol. The van der Waals surface area contributed by atoms with Crippen LogP contribution in [-0.4, -0.2) is 18.6 Å². The number of sulfonamides is 1. The van der Waals surface area contributed by atoms with E-state index in [-0.39, 0.29) is 27.1 Å². The van der Waals surface area contributed by atoms with E-state index in [0.29, 0.717) is 0 Å². The van der Waals surface area contributed by atoms with E-state index >= 15 is 0 Å². The molecule has 0 atom stereocenters. The van der Waals surface area contributed by atoms with Gasteiger partial charge in [-0.05, 0) is 31.2 Å². The second-order valence-corrected chi connectivity index (χ2v) is 6.04. The Balaban J connectivity index is 2.38. The van der Waals surface area contributed by atoms with Gasteiger partial charge in [-0.3, -0.25) is 4.72 Å². The molecule has 0 amide bonds.